The van der Waals surface area contributed by atoms with Gasteiger partial charge in [0.2, 0.25) is 0 Å². The van der Waals surface area contributed by atoms with Crippen LogP contribution in [0.25, 0.3) is 0 Å². The van der Waals surface area contributed by atoms with E-state index in [1.165, 1.54) is 0 Å². The molecule has 0 spiro atoms. The lowest BCUT2D eigenvalue weighted by molar-refractivity contribution is -0.0357. The summed E-state index contributed by atoms with van der Waals surface area (Å²) in [4.78, 5) is 0.322. The summed E-state index contributed by atoms with van der Waals surface area (Å²) in [7, 11) is -6.00. The van der Waals surface area contributed by atoms with Gasteiger partial charge in [-0.3, -0.25) is 0 Å². The van der Waals surface area contributed by atoms with Gasteiger partial charge in [-0.1, -0.05) is 65.8 Å². The summed E-state index contributed by atoms with van der Waals surface area (Å²) in [5.74, 6) is -0.364. The largest absolute Gasteiger partial charge is 0.414 e. The molecule has 1 heterocycles. The molecular formula is C30H54O6SSi2. The van der Waals surface area contributed by atoms with Gasteiger partial charge < -0.3 is 18.3 Å². The average Bonchev–Trinajstić information content (AvgIpc) is 3.11. The van der Waals surface area contributed by atoms with E-state index in [2.05, 4.69) is 74.3 Å². The van der Waals surface area contributed by atoms with Crippen LogP contribution in [-0.4, -0.2) is 68.9 Å². The Morgan fingerprint density at radius 1 is 0.974 bits per heavy atom. The third-order valence-corrected chi connectivity index (χ3v) is 19.8. The summed E-state index contributed by atoms with van der Waals surface area (Å²) in [6, 6.07) is 8.62. The highest BCUT2D eigenvalue weighted by Crippen LogP contribution is 2.41. The van der Waals surface area contributed by atoms with Gasteiger partial charge in [0.05, 0.1) is 41.7 Å². The van der Waals surface area contributed by atoms with Crippen LogP contribution in [-0.2, 0) is 28.2 Å². The van der Waals surface area contributed by atoms with E-state index in [-0.39, 0.29) is 46.2 Å². The van der Waals surface area contributed by atoms with Crippen LogP contribution in [0.5, 0.6) is 0 Å². The predicted octanol–water partition coefficient (Wildman–Crippen LogP) is 7.24. The Morgan fingerprint density at radius 2 is 1.54 bits per heavy atom. The molecule has 0 bridgehead atoms. The van der Waals surface area contributed by atoms with Gasteiger partial charge in [-0.2, -0.15) is 0 Å². The van der Waals surface area contributed by atoms with Crippen molar-refractivity contribution in [3.63, 3.8) is 0 Å². The van der Waals surface area contributed by atoms with Gasteiger partial charge in [-0.05, 0) is 54.8 Å². The van der Waals surface area contributed by atoms with E-state index in [0.717, 1.165) is 0 Å². The van der Waals surface area contributed by atoms with Crippen molar-refractivity contribution in [2.24, 2.45) is 5.92 Å². The molecule has 5 atom stereocenters. The van der Waals surface area contributed by atoms with Gasteiger partial charge in [0.25, 0.3) is 0 Å². The Hall–Kier alpha value is -0.816. The topological polar surface area (TPSA) is 71.1 Å². The summed E-state index contributed by atoms with van der Waals surface area (Å²) in [6.07, 6.45) is 1.75. The van der Waals surface area contributed by atoms with Crippen molar-refractivity contribution in [3.8, 4) is 0 Å². The number of sulfone groups is 1. The minimum absolute atomic E-state index is 0.0388. The first kappa shape index (κ1) is 34.4. The molecule has 1 aromatic rings. The van der Waals surface area contributed by atoms with E-state index in [1.807, 2.05) is 6.07 Å². The van der Waals surface area contributed by atoms with Crippen molar-refractivity contribution in [2.75, 3.05) is 19.5 Å². The van der Waals surface area contributed by atoms with Gasteiger partial charge >= 0.3 is 0 Å². The van der Waals surface area contributed by atoms with E-state index in [0.29, 0.717) is 24.3 Å². The molecule has 0 saturated carbocycles. The highest BCUT2D eigenvalue weighted by molar-refractivity contribution is 7.91. The normalized spacial score (nSPS) is 24.1. The number of benzene rings is 1. The molecule has 1 aromatic carbocycles. The van der Waals surface area contributed by atoms with Gasteiger partial charge in [0.1, 0.15) is 0 Å². The lowest BCUT2D eigenvalue weighted by atomic mass is 9.94. The molecule has 0 aliphatic carbocycles. The molecule has 2 rings (SSSR count). The first-order valence-corrected chi connectivity index (χ1v) is 21.6. The third kappa shape index (κ3) is 8.83. The molecule has 0 aromatic heterocycles. The van der Waals surface area contributed by atoms with Crippen LogP contribution in [0, 0.1) is 5.92 Å². The Bertz CT molecular complexity index is 1030. The first-order chi connectivity index (χ1) is 17.8. The molecule has 1 fully saturated rings. The zero-order valence-corrected chi connectivity index (χ0v) is 29.1. The first-order valence-electron chi connectivity index (χ1n) is 14.1. The van der Waals surface area contributed by atoms with Gasteiger partial charge in [0.15, 0.2) is 26.5 Å². The van der Waals surface area contributed by atoms with Crippen LogP contribution in [0.2, 0.25) is 36.3 Å². The third-order valence-electron chi connectivity index (χ3n) is 9.00. The Balaban J connectivity index is 2.35. The van der Waals surface area contributed by atoms with E-state index >= 15 is 0 Å². The molecule has 2 unspecified atom stereocenters. The highest BCUT2D eigenvalue weighted by atomic mass is 32.2. The van der Waals surface area contributed by atoms with Gasteiger partial charge in [-0.25, -0.2) is 8.42 Å². The predicted molar refractivity (Wildman–Crippen MR) is 166 cm³/mol. The summed E-state index contributed by atoms with van der Waals surface area (Å²) in [6.45, 7) is 26.8. The minimum Gasteiger partial charge on any atom is -0.414 e. The zero-order chi connectivity index (χ0) is 29.9. The standard InChI is InChI=1S/C30H54O6SSi2/c1-13-17-26-25(22-37(31,32)24-18-15-14-16-19-24)28(33-8)27(35-26)20-23(36-39(11,12)30(5,6)7)21-34-38(9,10)29(2,3)4/h13-16,18-19,23,25-28H,1,17,20-22H2,2-12H3/t23-,25?,26-,27?,28+/m0/s1. The quantitative estimate of drug-likeness (QED) is 0.176. The van der Waals surface area contributed by atoms with Crippen LogP contribution >= 0.6 is 0 Å². The molecule has 0 radical (unpaired) electrons. The number of hydrogen-bond donors (Lipinski definition) is 0. The molecule has 1 aliphatic rings. The summed E-state index contributed by atoms with van der Waals surface area (Å²) >= 11 is 0. The SMILES string of the molecule is C=CC[C@@H]1OC(C[C@@H](CO[Si](C)(C)C(C)(C)C)O[Si](C)(C)C(C)(C)C)[C@H](OC)C1CS(=O)(=O)c1ccccc1. The average molecular weight is 599 g/mol. The molecule has 224 valence electrons. The fraction of sp³-hybridized carbons (Fsp3) is 0.733. The van der Waals surface area contributed by atoms with Crippen molar-refractivity contribution >= 4 is 26.5 Å². The maximum absolute atomic E-state index is 13.4. The molecule has 0 N–H and O–H groups in total. The number of methoxy groups -OCH3 is 1. The number of rotatable bonds is 13. The Labute approximate surface area is 241 Å². The van der Waals surface area contributed by atoms with Crippen molar-refractivity contribution in [2.45, 2.75) is 120 Å². The maximum atomic E-state index is 13.4. The van der Waals surface area contributed by atoms with E-state index in [9.17, 15) is 8.42 Å². The molecule has 6 nitrogen and oxygen atoms in total. The van der Waals surface area contributed by atoms with Crippen LogP contribution in [0.15, 0.2) is 47.9 Å². The van der Waals surface area contributed by atoms with E-state index < -0.39 is 26.5 Å². The Kier molecular flexibility index (Phi) is 11.5. The smallest absolute Gasteiger partial charge is 0.192 e. The van der Waals surface area contributed by atoms with E-state index in [1.54, 1.807) is 37.5 Å². The lowest BCUT2D eigenvalue weighted by Crippen LogP contribution is -2.49. The minimum atomic E-state index is -3.52. The second-order valence-electron chi connectivity index (χ2n) is 14.0. The summed E-state index contributed by atoms with van der Waals surface area (Å²) < 4.78 is 52.9. The fourth-order valence-electron chi connectivity index (χ4n) is 4.50. The second-order valence-corrected chi connectivity index (χ2v) is 25.6. The number of hydrogen-bond acceptors (Lipinski definition) is 6. The fourth-order valence-corrected chi connectivity index (χ4v) is 8.56. The van der Waals surface area contributed by atoms with Crippen molar-refractivity contribution in [3.05, 3.63) is 43.0 Å². The number of ether oxygens (including phenoxy) is 2. The summed E-state index contributed by atoms with van der Waals surface area (Å²) in [5, 5.41) is 0.122. The molecule has 0 amide bonds. The maximum Gasteiger partial charge on any atom is 0.192 e. The lowest BCUT2D eigenvalue weighted by Gasteiger charge is -2.42. The van der Waals surface area contributed by atoms with Crippen LogP contribution in [0.1, 0.15) is 54.4 Å². The van der Waals surface area contributed by atoms with Gasteiger partial charge in [-0.15, -0.1) is 6.58 Å². The molecular weight excluding hydrogens is 545 g/mol. The molecule has 1 aliphatic heterocycles. The van der Waals surface area contributed by atoms with E-state index in [4.69, 9.17) is 18.3 Å². The zero-order valence-electron chi connectivity index (χ0n) is 26.2. The van der Waals surface area contributed by atoms with Crippen molar-refractivity contribution in [1.29, 1.82) is 0 Å². The van der Waals surface area contributed by atoms with Gasteiger partial charge in [0, 0.05) is 19.4 Å². The van der Waals surface area contributed by atoms with Crippen molar-refractivity contribution < 1.29 is 26.7 Å². The second kappa shape index (κ2) is 13.0. The molecule has 39 heavy (non-hydrogen) atoms. The monoisotopic (exact) mass is 598 g/mol. The van der Waals surface area contributed by atoms with Crippen LogP contribution in [0.3, 0.4) is 0 Å². The highest BCUT2D eigenvalue weighted by Gasteiger charge is 2.48. The molecule has 1 saturated heterocycles. The summed E-state index contributed by atoms with van der Waals surface area (Å²) in [5.41, 5.74) is 0. The van der Waals surface area contributed by atoms with Crippen LogP contribution < -0.4 is 0 Å². The Morgan fingerprint density at radius 3 is 2.03 bits per heavy atom. The van der Waals surface area contributed by atoms with Crippen molar-refractivity contribution in [1.82, 2.24) is 0 Å². The molecule has 9 heteroatoms. The van der Waals surface area contributed by atoms with Crippen LogP contribution in [0.4, 0.5) is 0 Å².